The maximum Gasteiger partial charge on any atom is 0.0925 e. The Bertz CT molecular complexity index is 330. The zero-order valence-electron chi connectivity index (χ0n) is 9.23. The van der Waals surface area contributed by atoms with Gasteiger partial charge in [0.25, 0.3) is 0 Å². The fourth-order valence-corrected chi connectivity index (χ4v) is 2.21. The van der Waals surface area contributed by atoms with Crippen LogP contribution < -0.4 is 0 Å². The van der Waals surface area contributed by atoms with Gasteiger partial charge < -0.3 is 34.7 Å². The topological polar surface area (TPSA) is 31.9 Å². The summed E-state index contributed by atoms with van der Waals surface area (Å²) in [6.07, 6.45) is 1.73. The molecule has 1 aromatic rings. The van der Waals surface area contributed by atoms with Gasteiger partial charge >= 0.3 is 0 Å². The minimum Gasteiger partial charge on any atom is -0.411 e. The third-order valence-electron chi connectivity index (χ3n) is 2.06. The Morgan fingerprint density at radius 2 is 2.38 bits per heavy atom. The first-order chi connectivity index (χ1) is 7.11. The quantitative estimate of drug-likeness (QED) is 0.511. The Morgan fingerprint density at radius 1 is 1.69 bits per heavy atom. The maximum absolute atomic E-state index is 4.88. The number of halogens is 1. The maximum atomic E-state index is 4.88. The molecule has 1 aromatic heterocycles. The van der Waals surface area contributed by atoms with E-state index in [4.69, 9.17) is 24.8 Å². The molecule has 0 unspecified atom stereocenters. The second kappa shape index (κ2) is 8.11. The number of nitrogens with zero attached hydrogens (tertiary/aromatic N) is 2. The molecular weight excluding hydrogens is 282 g/mol. The molecule has 0 amide bonds. The van der Waals surface area contributed by atoms with Crippen molar-refractivity contribution >= 4 is 53.3 Å². The molecule has 92 valence electrons. The Kier molecular flexibility index (Phi) is 8.09. The van der Waals surface area contributed by atoms with E-state index in [9.17, 15) is 0 Å². The lowest BCUT2D eigenvalue weighted by Crippen LogP contribution is -2.25. The van der Waals surface area contributed by atoms with Crippen molar-refractivity contribution < 1.29 is 0 Å². The van der Waals surface area contributed by atoms with Crippen LogP contribution in [0.3, 0.4) is 0 Å². The van der Waals surface area contributed by atoms with Gasteiger partial charge in [-0.3, -0.25) is 0 Å². The van der Waals surface area contributed by atoms with Crippen molar-refractivity contribution in [2.24, 2.45) is 0 Å². The monoisotopic (exact) mass is 296 g/mol. The number of thiocarbonyl (C=S) groups is 1. The molecular formula is C9H15ClN3S3-. The average molecular weight is 297 g/mol. The summed E-state index contributed by atoms with van der Waals surface area (Å²) in [7, 11) is 1.93. The summed E-state index contributed by atoms with van der Waals surface area (Å²) in [6, 6.07) is 0. The Balaban J connectivity index is 0.00000225. The van der Waals surface area contributed by atoms with E-state index in [0.717, 1.165) is 29.4 Å². The summed E-state index contributed by atoms with van der Waals surface area (Å²) in [6.45, 7) is 2.93. The first-order valence-electron chi connectivity index (χ1n) is 4.60. The molecule has 0 atom stereocenters. The summed E-state index contributed by atoms with van der Waals surface area (Å²) in [5.74, 6) is 1.95. The van der Waals surface area contributed by atoms with Crippen molar-refractivity contribution in [3.05, 3.63) is 17.7 Å². The largest absolute Gasteiger partial charge is 0.411 e. The molecule has 16 heavy (non-hydrogen) atoms. The normalized spacial score (nSPS) is 9.62. The molecule has 1 rings (SSSR count). The van der Waals surface area contributed by atoms with Crippen LogP contribution >= 0.6 is 36.4 Å². The third-order valence-corrected chi connectivity index (χ3v) is 3.63. The number of hydrogen-bond donors (Lipinski definition) is 1. The van der Waals surface area contributed by atoms with Crippen LogP contribution in [0.25, 0.3) is 0 Å². The number of H-pyrrole nitrogens is 1. The minimum atomic E-state index is 0. The SMILES string of the molecule is Cc1[nH]cnc1CSCCN(C)C(=S)[S-].Cl. The standard InChI is InChI=1S/C9H15N3S3.ClH/c1-7-8(11-6-10-7)5-15-4-3-12(2)9(13)14;/h6H,3-5H2,1-2H3,(H,10,11)(H,13,14);1H/p-1. The Hall–Kier alpha value is -0.0400. The molecule has 0 spiro atoms. The van der Waals surface area contributed by atoms with E-state index in [2.05, 4.69) is 9.97 Å². The fraction of sp³-hybridized carbons (Fsp3) is 0.556. The zero-order valence-corrected chi connectivity index (χ0v) is 12.5. The number of aromatic nitrogens is 2. The smallest absolute Gasteiger partial charge is 0.0925 e. The summed E-state index contributed by atoms with van der Waals surface area (Å²) in [5, 5.41) is 0. The van der Waals surface area contributed by atoms with Crippen LogP contribution in [0.4, 0.5) is 0 Å². The van der Waals surface area contributed by atoms with Crippen LogP contribution in [-0.2, 0) is 18.4 Å². The number of rotatable bonds is 5. The van der Waals surface area contributed by atoms with E-state index in [0.29, 0.717) is 4.32 Å². The van der Waals surface area contributed by atoms with E-state index >= 15 is 0 Å². The molecule has 0 bridgehead atoms. The number of nitrogens with one attached hydrogen (secondary N) is 1. The van der Waals surface area contributed by atoms with E-state index in [1.54, 1.807) is 6.33 Å². The second-order valence-electron chi connectivity index (χ2n) is 3.21. The van der Waals surface area contributed by atoms with Crippen LogP contribution in [-0.4, -0.2) is 38.5 Å². The Labute approximate surface area is 118 Å². The summed E-state index contributed by atoms with van der Waals surface area (Å²) in [4.78, 5) is 9.21. The fourth-order valence-electron chi connectivity index (χ4n) is 0.994. The van der Waals surface area contributed by atoms with Gasteiger partial charge in [0.2, 0.25) is 0 Å². The van der Waals surface area contributed by atoms with Gasteiger partial charge in [0.15, 0.2) is 0 Å². The molecule has 0 fully saturated rings. The van der Waals surface area contributed by atoms with E-state index < -0.39 is 0 Å². The van der Waals surface area contributed by atoms with Gasteiger partial charge in [-0.1, -0.05) is 4.32 Å². The van der Waals surface area contributed by atoms with Gasteiger partial charge in [-0.15, -0.1) is 12.4 Å². The van der Waals surface area contributed by atoms with Gasteiger partial charge in [-0.05, 0) is 6.92 Å². The lowest BCUT2D eigenvalue weighted by atomic mass is 10.4. The van der Waals surface area contributed by atoms with Crippen molar-refractivity contribution in [2.45, 2.75) is 12.7 Å². The molecule has 1 N–H and O–H groups in total. The first kappa shape index (κ1) is 16.0. The van der Waals surface area contributed by atoms with Crippen LogP contribution in [0.2, 0.25) is 0 Å². The predicted molar refractivity (Wildman–Crippen MR) is 79.3 cm³/mol. The van der Waals surface area contributed by atoms with Crippen LogP contribution in [0.1, 0.15) is 11.4 Å². The molecule has 0 saturated heterocycles. The molecule has 0 saturated carbocycles. The van der Waals surface area contributed by atoms with E-state index in [1.165, 1.54) is 0 Å². The van der Waals surface area contributed by atoms with Crippen molar-refractivity contribution in [3.63, 3.8) is 0 Å². The van der Waals surface area contributed by atoms with Crippen molar-refractivity contribution in [3.8, 4) is 0 Å². The molecule has 0 aliphatic carbocycles. The van der Waals surface area contributed by atoms with Gasteiger partial charge in [0.05, 0.1) is 12.0 Å². The number of hydrogen-bond acceptors (Lipinski definition) is 4. The lowest BCUT2D eigenvalue weighted by molar-refractivity contribution is 0.560. The highest BCUT2D eigenvalue weighted by molar-refractivity contribution is 8.00. The summed E-state index contributed by atoms with van der Waals surface area (Å²) in [5.41, 5.74) is 2.28. The molecule has 0 aliphatic heterocycles. The van der Waals surface area contributed by atoms with Crippen LogP contribution in [0.15, 0.2) is 6.33 Å². The highest BCUT2D eigenvalue weighted by Gasteiger charge is 2.01. The van der Waals surface area contributed by atoms with Gasteiger partial charge in [-0.2, -0.15) is 11.8 Å². The van der Waals surface area contributed by atoms with E-state index in [1.807, 2.05) is 30.6 Å². The molecule has 0 aromatic carbocycles. The number of imidazole rings is 1. The Morgan fingerprint density at radius 3 is 2.88 bits per heavy atom. The summed E-state index contributed by atoms with van der Waals surface area (Å²) >= 11 is 11.6. The van der Waals surface area contributed by atoms with Gasteiger partial charge in [-0.25, -0.2) is 4.98 Å². The molecule has 0 radical (unpaired) electrons. The number of aryl methyl sites for hydroxylation is 1. The minimum absolute atomic E-state index is 0. The summed E-state index contributed by atoms with van der Waals surface area (Å²) < 4.78 is 0.534. The van der Waals surface area contributed by atoms with Crippen molar-refractivity contribution in [2.75, 3.05) is 19.3 Å². The van der Waals surface area contributed by atoms with Crippen molar-refractivity contribution in [1.82, 2.24) is 14.9 Å². The average Bonchev–Trinajstić information content (AvgIpc) is 2.58. The highest BCUT2D eigenvalue weighted by atomic mass is 35.5. The van der Waals surface area contributed by atoms with Gasteiger partial charge in [0.1, 0.15) is 0 Å². The molecule has 3 nitrogen and oxygen atoms in total. The van der Waals surface area contributed by atoms with Crippen molar-refractivity contribution in [1.29, 1.82) is 0 Å². The third kappa shape index (κ3) is 5.34. The molecule has 1 heterocycles. The number of thioether (sulfide) groups is 1. The highest BCUT2D eigenvalue weighted by Crippen LogP contribution is 2.12. The lowest BCUT2D eigenvalue weighted by Gasteiger charge is -2.22. The zero-order chi connectivity index (χ0) is 11.3. The molecule has 7 heteroatoms. The number of aromatic amines is 1. The second-order valence-corrected chi connectivity index (χ2v) is 5.35. The van der Waals surface area contributed by atoms with Gasteiger partial charge in [0, 0.05) is 30.8 Å². The van der Waals surface area contributed by atoms with E-state index in [-0.39, 0.29) is 12.4 Å². The van der Waals surface area contributed by atoms with Crippen LogP contribution in [0, 0.1) is 6.92 Å². The first-order valence-corrected chi connectivity index (χ1v) is 6.57. The van der Waals surface area contributed by atoms with Crippen LogP contribution in [0.5, 0.6) is 0 Å². The molecule has 0 aliphatic rings. The predicted octanol–water partition coefficient (Wildman–Crippen LogP) is 2.14.